The highest BCUT2D eigenvalue weighted by atomic mass is 13.9. The van der Waals surface area contributed by atoms with Crippen molar-refractivity contribution in [1.29, 1.82) is 0 Å². The molecule has 2 aromatic rings. The first-order valence-corrected chi connectivity index (χ1v) is 5.88. The highest BCUT2D eigenvalue weighted by Crippen LogP contribution is 2.04. The summed E-state index contributed by atoms with van der Waals surface area (Å²) in [7, 11) is 0. The Labute approximate surface area is 103 Å². The van der Waals surface area contributed by atoms with Crippen LogP contribution in [0.15, 0.2) is 72.8 Å². The summed E-state index contributed by atoms with van der Waals surface area (Å²) < 4.78 is 0. The highest BCUT2D eigenvalue weighted by Gasteiger charge is 1.82. The fourth-order valence-corrected chi connectivity index (χ4v) is 1.62. The van der Waals surface area contributed by atoms with Gasteiger partial charge in [-0.3, -0.25) is 0 Å². The molecule has 0 heteroatoms. The van der Waals surface area contributed by atoms with Gasteiger partial charge in [0.15, 0.2) is 0 Å². The van der Waals surface area contributed by atoms with Gasteiger partial charge in [0.1, 0.15) is 0 Å². The van der Waals surface area contributed by atoms with Crippen LogP contribution in [0.4, 0.5) is 0 Å². The molecule has 17 heavy (non-hydrogen) atoms. The van der Waals surface area contributed by atoms with Crippen molar-refractivity contribution < 1.29 is 0 Å². The number of hydrogen-bond acceptors (Lipinski definition) is 0. The van der Waals surface area contributed by atoms with E-state index in [1.807, 2.05) is 12.1 Å². The lowest BCUT2D eigenvalue weighted by Crippen LogP contribution is -1.69. The van der Waals surface area contributed by atoms with Crippen LogP contribution in [-0.4, -0.2) is 0 Å². The van der Waals surface area contributed by atoms with Crippen LogP contribution in [0.5, 0.6) is 0 Å². The lowest BCUT2D eigenvalue weighted by atomic mass is 10.2. The summed E-state index contributed by atoms with van der Waals surface area (Å²) in [5.74, 6) is 0. The number of benzene rings is 2. The van der Waals surface area contributed by atoms with E-state index in [4.69, 9.17) is 0 Å². The minimum atomic E-state index is 0.962. The quantitative estimate of drug-likeness (QED) is 0.694. The molecular weight excluding hydrogens is 204 g/mol. The van der Waals surface area contributed by atoms with Crippen molar-refractivity contribution in [1.82, 2.24) is 0 Å². The normalized spacial score (nSPS) is 11.3. The van der Waals surface area contributed by atoms with Gasteiger partial charge in [0.25, 0.3) is 0 Å². The Kier molecular flexibility index (Phi) is 4.36. The zero-order chi connectivity index (χ0) is 11.8. The van der Waals surface area contributed by atoms with Crippen LogP contribution < -0.4 is 0 Å². The Hall–Kier alpha value is -2.08. The molecule has 0 spiro atoms. The van der Waals surface area contributed by atoms with Gasteiger partial charge in [-0.1, -0.05) is 85.0 Å². The predicted molar refractivity (Wildman–Crippen MR) is 75.6 cm³/mol. The standard InChI is InChI=1S/C17H16/c1-4-10-16(11-5-1)14-8-3-9-15-17-12-6-2-7-13-17/h1-2,4-15H,3H2/b14-8+,15-9+. The third kappa shape index (κ3) is 4.12. The molecule has 0 radical (unpaired) electrons. The molecule has 0 saturated carbocycles. The lowest BCUT2D eigenvalue weighted by molar-refractivity contribution is 1.42. The monoisotopic (exact) mass is 220 g/mol. The molecular formula is C17H16. The first-order valence-electron chi connectivity index (χ1n) is 5.88. The Morgan fingerprint density at radius 1 is 0.588 bits per heavy atom. The molecule has 0 fully saturated rings. The van der Waals surface area contributed by atoms with E-state index in [1.165, 1.54) is 11.1 Å². The number of rotatable bonds is 4. The fourth-order valence-electron chi connectivity index (χ4n) is 1.62. The van der Waals surface area contributed by atoms with Crippen molar-refractivity contribution >= 4 is 12.2 Å². The fraction of sp³-hybridized carbons (Fsp3) is 0.0588. The second kappa shape index (κ2) is 6.49. The molecule has 0 nitrogen and oxygen atoms in total. The zero-order valence-electron chi connectivity index (χ0n) is 9.79. The van der Waals surface area contributed by atoms with Crippen molar-refractivity contribution in [2.75, 3.05) is 0 Å². The highest BCUT2D eigenvalue weighted by molar-refractivity contribution is 5.51. The molecule has 0 N–H and O–H groups in total. The van der Waals surface area contributed by atoms with Gasteiger partial charge in [0.2, 0.25) is 0 Å². The van der Waals surface area contributed by atoms with Gasteiger partial charge in [-0.25, -0.2) is 0 Å². The van der Waals surface area contributed by atoms with Crippen LogP contribution in [0, 0.1) is 0 Å². The maximum absolute atomic E-state index is 2.18. The summed E-state index contributed by atoms with van der Waals surface area (Å²) in [5.41, 5.74) is 2.50. The predicted octanol–water partition coefficient (Wildman–Crippen LogP) is 4.80. The molecule has 0 aliphatic heterocycles. The van der Waals surface area contributed by atoms with Gasteiger partial charge in [0.05, 0.1) is 0 Å². The lowest BCUT2D eigenvalue weighted by Gasteiger charge is -1.91. The van der Waals surface area contributed by atoms with Crippen molar-refractivity contribution in [2.45, 2.75) is 6.42 Å². The molecule has 0 aromatic heterocycles. The minimum Gasteiger partial charge on any atom is -0.0801 e. The van der Waals surface area contributed by atoms with Gasteiger partial charge >= 0.3 is 0 Å². The van der Waals surface area contributed by atoms with E-state index in [0.717, 1.165) is 6.42 Å². The van der Waals surface area contributed by atoms with Gasteiger partial charge in [0, 0.05) is 0 Å². The summed E-state index contributed by atoms with van der Waals surface area (Å²) in [6.07, 6.45) is 9.61. The van der Waals surface area contributed by atoms with Gasteiger partial charge in [-0.05, 0) is 17.5 Å². The van der Waals surface area contributed by atoms with Crippen molar-refractivity contribution in [3.8, 4) is 0 Å². The topological polar surface area (TPSA) is 0 Å². The van der Waals surface area contributed by atoms with Gasteiger partial charge < -0.3 is 0 Å². The summed E-state index contributed by atoms with van der Waals surface area (Å²) in [6.45, 7) is 0. The van der Waals surface area contributed by atoms with E-state index in [1.54, 1.807) is 0 Å². The summed E-state index contributed by atoms with van der Waals surface area (Å²) in [4.78, 5) is 0. The molecule has 84 valence electrons. The third-order valence-corrected chi connectivity index (χ3v) is 2.49. The maximum atomic E-state index is 2.18. The zero-order valence-corrected chi connectivity index (χ0v) is 9.79. The van der Waals surface area contributed by atoms with Crippen LogP contribution in [0.1, 0.15) is 17.5 Å². The summed E-state index contributed by atoms with van der Waals surface area (Å²) in [5, 5.41) is 0. The molecule has 2 aromatic carbocycles. The van der Waals surface area contributed by atoms with Crippen molar-refractivity contribution in [3.63, 3.8) is 0 Å². The van der Waals surface area contributed by atoms with E-state index < -0.39 is 0 Å². The van der Waals surface area contributed by atoms with Crippen molar-refractivity contribution in [2.24, 2.45) is 0 Å². The van der Waals surface area contributed by atoms with E-state index >= 15 is 0 Å². The first kappa shape index (κ1) is 11.4. The smallest absolute Gasteiger partial charge is 0.0163 e. The van der Waals surface area contributed by atoms with Gasteiger partial charge in [-0.15, -0.1) is 0 Å². The average Bonchev–Trinajstić information content (AvgIpc) is 2.41. The third-order valence-electron chi connectivity index (χ3n) is 2.49. The molecule has 0 saturated heterocycles. The largest absolute Gasteiger partial charge is 0.0801 e. The van der Waals surface area contributed by atoms with E-state index in [9.17, 15) is 0 Å². The minimum absolute atomic E-state index is 0.962. The Morgan fingerprint density at radius 3 is 1.41 bits per heavy atom. The van der Waals surface area contributed by atoms with Crippen LogP contribution in [0.3, 0.4) is 0 Å². The molecule has 0 aliphatic rings. The number of hydrogen-bond donors (Lipinski definition) is 0. The van der Waals surface area contributed by atoms with Gasteiger partial charge in [-0.2, -0.15) is 0 Å². The van der Waals surface area contributed by atoms with Crippen LogP contribution in [0.25, 0.3) is 12.2 Å². The summed E-state index contributed by atoms with van der Waals surface area (Å²) in [6, 6.07) is 20.7. The molecule has 0 unspecified atom stereocenters. The van der Waals surface area contributed by atoms with E-state index in [0.29, 0.717) is 0 Å². The van der Waals surface area contributed by atoms with Crippen LogP contribution >= 0.6 is 0 Å². The van der Waals surface area contributed by atoms with E-state index in [-0.39, 0.29) is 0 Å². The summed E-state index contributed by atoms with van der Waals surface area (Å²) >= 11 is 0. The number of allylic oxidation sites excluding steroid dienone is 2. The van der Waals surface area contributed by atoms with Crippen molar-refractivity contribution in [3.05, 3.63) is 83.9 Å². The molecule has 0 amide bonds. The molecule has 0 bridgehead atoms. The Bertz CT molecular complexity index is 430. The average molecular weight is 220 g/mol. The Balaban J connectivity index is 1.84. The van der Waals surface area contributed by atoms with Crippen LogP contribution in [-0.2, 0) is 0 Å². The molecule has 0 aliphatic carbocycles. The maximum Gasteiger partial charge on any atom is -0.0163 e. The van der Waals surface area contributed by atoms with E-state index in [2.05, 4.69) is 72.8 Å². The van der Waals surface area contributed by atoms with Crippen LogP contribution in [0.2, 0.25) is 0 Å². The first-order chi connectivity index (χ1) is 8.45. The molecule has 0 atom stereocenters. The molecule has 0 heterocycles. The Morgan fingerprint density at radius 2 is 1.00 bits per heavy atom. The molecule has 2 rings (SSSR count). The second-order valence-corrected chi connectivity index (χ2v) is 3.86. The SMILES string of the molecule is C(=C\c1ccccc1)/C/C=C/c1ccccc1. The second-order valence-electron chi connectivity index (χ2n) is 3.86.